The molecule has 0 fully saturated rings. The highest BCUT2D eigenvalue weighted by molar-refractivity contribution is 7.62. The van der Waals surface area contributed by atoms with Gasteiger partial charge in [0, 0.05) is 23.3 Å². The number of hydrogen-bond acceptors (Lipinski definition) is 7. The Morgan fingerprint density at radius 2 is 1.69 bits per heavy atom. The topological polar surface area (TPSA) is 133 Å². The number of amides is 1. The van der Waals surface area contributed by atoms with Gasteiger partial charge in [0.05, 0.1) is 11.5 Å². The molecule has 0 aliphatic carbocycles. The number of ether oxygens (including phenoxy) is 1. The Kier molecular flexibility index (Phi) is 8.31. The van der Waals surface area contributed by atoms with Crippen LogP contribution >= 0.6 is 0 Å². The molecule has 136 valence electrons. The van der Waals surface area contributed by atoms with Crippen LogP contribution in [0.25, 0.3) is 0 Å². The molecule has 0 heterocycles. The molecule has 0 saturated heterocycles. The first kappa shape index (κ1) is 20.6. The number of carbonyl (C=O) groups is 2. The standard InChI is InChI=1S/C13H9NO3.C3H5NO4S/c15-13(10-5-2-1-3-6-10)11-7-4-8-12(9-11)14(16)17;1-2-8-3(5)4-9(6)7/h1-9H;2H2,1H3. The van der Waals surface area contributed by atoms with Gasteiger partial charge < -0.3 is 4.74 Å². The summed E-state index contributed by atoms with van der Waals surface area (Å²) in [5, 5.41) is 10.6. The predicted molar refractivity (Wildman–Crippen MR) is 91.3 cm³/mol. The summed E-state index contributed by atoms with van der Waals surface area (Å²) in [7, 11) is -2.70. The first-order valence-corrected chi connectivity index (χ1v) is 8.20. The number of nitro groups is 1. The Morgan fingerprint density at radius 3 is 2.23 bits per heavy atom. The Morgan fingerprint density at radius 1 is 1.08 bits per heavy atom. The molecule has 0 atom stereocenters. The summed E-state index contributed by atoms with van der Waals surface area (Å²) in [6, 6.07) is 14.4. The van der Waals surface area contributed by atoms with Crippen molar-refractivity contribution in [3.05, 3.63) is 75.8 Å². The zero-order valence-corrected chi connectivity index (χ0v) is 14.4. The van der Waals surface area contributed by atoms with Gasteiger partial charge in [0.2, 0.25) is 0 Å². The fourth-order valence-electron chi connectivity index (χ4n) is 1.73. The highest BCUT2D eigenvalue weighted by atomic mass is 32.2. The van der Waals surface area contributed by atoms with Gasteiger partial charge in [-0.15, -0.1) is 0 Å². The summed E-state index contributed by atoms with van der Waals surface area (Å²) in [6.07, 6.45) is -1.08. The molecule has 2 aromatic carbocycles. The molecule has 1 amide bonds. The highest BCUT2D eigenvalue weighted by Gasteiger charge is 2.12. The lowest BCUT2D eigenvalue weighted by molar-refractivity contribution is -0.384. The first-order valence-electron chi connectivity index (χ1n) is 7.17. The van der Waals surface area contributed by atoms with E-state index in [2.05, 4.69) is 9.10 Å². The number of carbonyl (C=O) groups excluding carboxylic acids is 2. The molecule has 0 aromatic heterocycles. The molecule has 0 N–H and O–H groups in total. The maximum atomic E-state index is 12.0. The SMILES string of the molecule is CCOC(=O)N=S(=O)=O.O=C(c1ccccc1)c1cccc([N+](=O)[O-])c1. The molecule has 10 heteroatoms. The van der Waals surface area contributed by atoms with Gasteiger partial charge in [-0.2, -0.15) is 8.42 Å². The van der Waals surface area contributed by atoms with Gasteiger partial charge in [0.15, 0.2) is 5.78 Å². The first-order chi connectivity index (χ1) is 12.3. The van der Waals surface area contributed by atoms with Gasteiger partial charge in [-0.1, -0.05) is 46.8 Å². The summed E-state index contributed by atoms with van der Waals surface area (Å²) >= 11 is 0. The van der Waals surface area contributed by atoms with Crippen LogP contribution in [0.5, 0.6) is 0 Å². The van der Waals surface area contributed by atoms with Gasteiger partial charge in [0.1, 0.15) is 0 Å². The van der Waals surface area contributed by atoms with Crippen molar-refractivity contribution in [3.63, 3.8) is 0 Å². The fraction of sp³-hybridized carbons (Fsp3) is 0.125. The Bertz CT molecular complexity index is 917. The third-order valence-corrected chi connectivity index (χ3v) is 3.07. The van der Waals surface area contributed by atoms with Crippen molar-refractivity contribution in [2.24, 2.45) is 4.36 Å². The minimum absolute atomic E-state index is 0.0771. The van der Waals surface area contributed by atoms with Crippen molar-refractivity contribution in [2.75, 3.05) is 6.61 Å². The van der Waals surface area contributed by atoms with Gasteiger partial charge in [0.25, 0.3) is 5.69 Å². The van der Waals surface area contributed by atoms with Crippen molar-refractivity contribution in [2.45, 2.75) is 6.92 Å². The van der Waals surface area contributed by atoms with E-state index in [0.29, 0.717) is 11.1 Å². The van der Waals surface area contributed by atoms with Crippen LogP contribution in [0, 0.1) is 10.1 Å². The Balaban J connectivity index is 0.000000321. The molecule has 9 nitrogen and oxygen atoms in total. The van der Waals surface area contributed by atoms with E-state index in [1.807, 2.05) is 6.07 Å². The van der Waals surface area contributed by atoms with Crippen LogP contribution in [0.15, 0.2) is 59.0 Å². The number of non-ortho nitro benzene ring substituents is 1. The highest BCUT2D eigenvalue weighted by Crippen LogP contribution is 2.16. The molecule has 0 spiro atoms. The lowest BCUT2D eigenvalue weighted by Gasteiger charge is -2.00. The Hall–Kier alpha value is -3.40. The monoisotopic (exact) mass is 378 g/mol. The number of nitro benzene ring substituents is 1. The number of nitrogens with zero attached hydrogens (tertiary/aromatic N) is 2. The van der Waals surface area contributed by atoms with Crippen molar-refractivity contribution in [3.8, 4) is 0 Å². The zero-order valence-electron chi connectivity index (χ0n) is 13.6. The largest absolute Gasteiger partial charge is 0.448 e. The van der Waals surface area contributed by atoms with Crippen LogP contribution in [-0.4, -0.2) is 31.8 Å². The van der Waals surface area contributed by atoms with Crippen molar-refractivity contribution < 1.29 is 27.7 Å². The van der Waals surface area contributed by atoms with E-state index in [0.717, 1.165) is 0 Å². The van der Waals surface area contributed by atoms with E-state index in [9.17, 15) is 28.1 Å². The van der Waals surface area contributed by atoms with Crippen LogP contribution < -0.4 is 0 Å². The smallest absolute Gasteiger partial charge is 0.448 e. The summed E-state index contributed by atoms with van der Waals surface area (Å²) in [6.45, 7) is 1.68. The molecule has 2 aromatic rings. The lowest BCUT2D eigenvalue weighted by atomic mass is 10.0. The second kappa shape index (κ2) is 10.5. The minimum Gasteiger partial charge on any atom is -0.448 e. The molecular formula is C16H14N2O7S. The number of benzene rings is 2. The average molecular weight is 378 g/mol. The zero-order chi connectivity index (χ0) is 19.5. The summed E-state index contributed by atoms with van der Waals surface area (Å²) < 4.78 is 25.9. The lowest BCUT2D eigenvalue weighted by Crippen LogP contribution is -2.01. The van der Waals surface area contributed by atoms with Crippen molar-refractivity contribution in [1.82, 2.24) is 0 Å². The minimum atomic E-state index is -2.70. The molecular weight excluding hydrogens is 364 g/mol. The number of ketones is 1. The second-order valence-corrected chi connectivity index (χ2v) is 5.13. The molecule has 0 radical (unpaired) electrons. The molecule has 0 saturated carbocycles. The van der Waals surface area contributed by atoms with Gasteiger partial charge in [-0.05, 0) is 6.92 Å². The molecule has 0 aliphatic heterocycles. The molecule has 26 heavy (non-hydrogen) atoms. The third kappa shape index (κ3) is 7.01. The molecule has 0 unspecified atom stereocenters. The molecule has 2 rings (SSSR count). The van der Waals surface area contributed by atoms with E-state index >= 15 is 0 Å². The fourth-order valence-corrected chi connectivity index (χ4v) is 1.90. The average Bonchev–Trinajstić information content (AvgIpc) is 2.62. The van der Waals surface area contributed by atoms with E-state index in [-0.39, 0.29) is 18.1 Å². The van der Waals surface area contributed by atoms with E-state index in [4.69, 9.17) is 0 Å². The van der Waals surface area contributed by atoms with Gasteiger partial charge in [-0.25, -0.2) is 4.79 Å². The molecule has 0 bridgehead atoms. The summed E-state index contributed by atoms with van der Waals surface area (Å²) in [5.41, 5.74) is 0.769. The van der Waals surface area contributed by atoms with Gasteiger partial charge in [-0.3, -0.25) is 14.9 Å². The number of rotatable bonds is 4. The summed E-state index contributed by atoms with van der Waals surface area (Å²) in [5.74, 6) is -0.214. The maximum absolute atomic E-state index is 12.0. The number of hydrogen-bond donors (Lipinski definition) is 0. The van der Waals surface area contributed by atoms with Crippen LogP contribution in [-0.2, 0) is 15.2 Å². The van der Waals surface area contributed by atoms with Gasteiger partial charge >= 0.3 is 16.6 Å². The quantitative estimate of drug-likeness (QED) is 0.453. The van der Waals surface area contributed by atoms with Crippen LogP contribution in [0.3, 0.4) is 0 Å². The molecule has 0 aliphatic rings. The van der Waals surface area contributed by atoms with Crippen LogP contribution in [0.1, 0.15) is 22.8 Å². The second-order valence-electron chi connectivity index (χ2n) is 4.51. The maximum Gasteiger partial charge on any atom is 0.448 e. The van der Waals surface area contributed by atoms with Crippen molar-refractivity contribution in [1.29, 1.82) is 0 Å². The van der Waals surface area contributed by atoms with E-state index in [1.165, 1.54) is 18.2 Å². The van der Waals surface area contributed by atoms with E-state index < -0.39 is 21.5 Å². The predicted octanol–water partition coefficient (Wildman–Crippen LogP) is 3.03. The summed E-state index contributed by atoms with van der Waals surface area (Å²) in [4.78, 5) is 32.2. The normalized spacial score (nSPS) is 9.27. The van der Waals surface area contributed by atoms with Crippen LogP contribution in [0.2, 0.25) is 0 Å². The van der Waals surface area contributed by atoms with Crippen LogP contribution in [0.4, 0.5) is 10.5 Å². The van der Waals surface area contributed by atoms with Crippen molar-refractivity contribution >= 4 is 28.1 Å². The Labute approximate surface area is 150 Å². The van der Waals surface area contributed by atoms with E-state index in [1.54, 1.807) is 37.3 Å². The third-order valence-electron chi connectivity index (χ3n) is 2.77.